The molecular weight excluding hydrogens is 446 g/mol. The van der Waals surface area contributed by atoms with Crippen molar-refractivity contribution in [1.29, 1.82) is 0 Å². The van der Waals surface area contributed by atoms with Crippen LogP contribution in [0.1, 0.15) is 6.92 Å². The third-order valence-corrected chi connectivity index (χ3v) is 3.53. The Morgan fingerprint density at radius 2 is 2.16 bits per heavy atom. The molecule has 0 saturated carbocycles. The van der Waals surface area contributed by atoms with E-state index < -0.39 is 0 Å². The number of ether oxygens (including phenoxy) is 1. The zero-order valence-electron chi connectivity index (χ0n) is 9.82. The topological polar surface area (TPSA) is 59.9 Å². The fraction of sp³-hybridized carbons (Fsp3) is 0.182. The van der Waals surface area contributed by atoms with Crippen molar-refractivity contribution >= 4 is 61.8 Å². The number of nitrogens with zero attached hydrogens (tertiary/aromatic N) is 3. The molecule has 1 N–H and O–H groups in total. The lowest BCUT2D eigenvalue weighted by molar-refractivity contribution is 0.312. The first-order valence-electron chi connectivity index (χ1n) is 5.35. The van der Waals surface area contributed by atoms with Crippen LogP contribution in [0.15, 0.2) is 22.7 Å². The summed E-state index contributed by atoms with van der Waals surface area (Å²) in [7, 11) is 0. The SMILES string of the molecule is CCOc1nc(Cl)nc(Nc2ccc(I)cc2Br)n1. The molecule has 0 saturated heterocycles. The van der Waals surface area contributed by atoms with E-state index in [1.54, 1.807) is 0 Å². The Morgan fingerprint density at radius 3 is 2.84 bits per heavy atom. The van der Waals surface area contributed by atoms with E-state index in [0.717, 1.165) is 13.7 Å². The maximum absolute atomic E-state index is 5.82. The van der Waals surface area contributed by atoms with E-state index in [2.05, 4.69) is 58.8 Å². The molecule has 0 aliphatic carbocycles. The van der Waals surface area contributed by atoms with Gasteiger partial charge in [0.2, 0.25) is 11.2 Å². The number of hydrogen-bond acceptors (Lipinski definition) is 5. The number of anilines is 2. The molecule has 2 rings (SSSR count). The summed E-state index contributed by atoms with van der Waals surface area (Å²) >= 11 is 11.5. The lowest BCUT2D eigenvalue weighted by atomic mass is 10.3. The summed E-state index contributed by atoms with van der Waals surface area (Å²) in [6, 6.07) is 6.07. The molecule has 0 spiro atoms. The lowest BCUT2D eigenvalue weighted by Gasteiger charge is -2.08. The summed E-state index contributed by atoms with van der Waals surface area (Å²) in [5.41, 5.74) is 0.838. The van der Waals surface area contributed by atoms with Gasteiger partial charge in [-0.15, -0.1) is 0 Å². The van der Waals surface area contributed by atoms with Gasteiger partial charge in [-0.25, -0.2) is 0 Å². The fourth-order valence-corrected chi connectivity index (χ4v) is 2.84. The molecule has 5 nitrogen and oxygen atoms in total. The number of nitrogens with one attached hydrogen (secondary N) is 1. The lowest BCUT2D eigenvalue weighted by Crippen LogP contribution is -2.04. The van der Waals surface area contributed by atoms with Gasteiger partial charge in [-0.05, 0) is 75.2 Å². The van der Waals surface area contributed by atoms with E-state index in [0.29, 0.717) is 12.6 Å². The normalized spacial score (nSPS) is 10.3. The second kappa shape index (κ2) is 6.67. The van der Waals surface area contributed by atoms with Crippen LogP contribution in [0.25, 0.3) is 0 Å². The average molecular weight is 455 g/mol. The van der Waals surface area contributed by atoms with Gasteiger partial charge in [0.1, 0.15) is 0 Å². The quantitative estimate of drug-likeness (QED) is 0.706. The highest BCUT2D eigenvalue weighted by Gasteiger charge is 2.08. The molecule has 2 aromatic rings. The molecule has 0 aliphatic heterocycles. The van der Waals surface area contributed by atoms with E-state index in [4.69, 9.17) is 16.3 Å². The highest BCUT2D eigenvalue weighted by Crippen LogP contribution is 2.27. The predicted octanol–water partition coefficient (Wildman–Crippen LogP) is 4.03. The average Bonchev–Trinajstić information content (AvgIpc) is 2.32. The molecule has 0 amide bonds. The van der Waals surface area contributed by atoms with E-state index in [-0.39, 0.29) is 11.3 Å². The smallest absolute Gasteiger partial charge is 0.322 e. The Morgan fingerprint density at radius 1 is 1.37 bits per heavy atom. The largest absolute Gasteiger partial charge is 0.464 e. The van der Waals surface area contributed by atoms with Crippen LogP contribution < -0.4 is 10.1 Å². The number of rotatable bonds is 4. The van der Waals surface area contributed by atoms with Gasteiger partial charge in [0.25, 0.3) is 0 Å². The van der Waals surface area contributed by atoms with Crippen molar-refractivity contribution in [1.82, 2.24) is 15.0 Å². The van der Waals surface area contributed by atoms with E-state index in [9.17, 15) is 0 Å². The van der Waals surface area contributed by atoms with Gasteiger partial charge in [-0.1, -0.05) is 0 Å². The minimum Gasteiger partial charge on any atom is -0.464 e. The Labute approximate surface area is 137 Å². The molecule has 0 aliphatic rings. The molecule has 1 aromatic carbocycles. The van der Waals surface area contributed by atoms with Crippen molar-refractivity contribution in [3.8, 4) is 6.01 Å². The molecule has 0 bridgehead atoms. The molecule has 0 fully saturated rings. The van der Waals surface area contributed by atoms with Crippen LogP contribution in [0, 0.1) is 3.57 Å². The number of hydrogen-bond donors (Lipinski definition) is 1. The van der Waals surface area contributed by atoms with Crippen LogP contribution in [0.2, 0.25) is 5.28 Å². The Kier molecular flexibility index (Phi) is 5.17. The van der Waals surface area contributed by atoms with Crippen LogP contribution >= 0.6 is 50.1 Å². The van der Waals surface area contributed by atoms with Gasteiger partial charge in [0.05, 0.1) is 12.3 Å². The minimum absolute atomic E-state index is 0.0857. The summed E-state index contributed by atoms with van der Waals surface area (Å²) in [6.07, 6.45) is 0. The third kappa shape index (κ3) is 4.15. The summed E-state index contributed by atoms with van der Waals surface area (Å²) in [5, 5.41) is 3.15. The van der Waals surface area contributed by atoms with Crippen LogP contribution in [0.4, 0.5) is 11.6 Å². The first-order valence-corrected chi connectivity index (χ1v) is 7.60. The second-order valence-corrected chi connectivity index (χ2v) is 5.83. The maximum Gasteiger partial charge on any atom is 0.322 e. The minimum atomic E-state index is 0.0857. The van der Waals surface area contributed by atoms with Crippen molar-refractivity contribution in [2.24, 2.45) is 0 Å². The zero-order chi connectivity index (χ0) is 13.8. The summed E-state index contributed by atoms with van der Waals surface area (Å²) < 4.78 is 7.25. The summed E-state index contributed by atoms with van der Waals surface area (Å²) in [6.45, 7) is 2.31. The highest BCUT2D eigenvalue weighted by atomic mass is 127. The van der Waals surface area contributed by atoms with Gasteiger partial charge in [0.15, 0.2) is 0 Å². The van der Waals surface area contributed by atoms with Crippen LogP contribution in [0.3, 0.4) is 0 Å². The highest BCUT2D eigenvalue weighted by molar-refractivity contribution is 14.1. The summed E-state index contributed by atoms with van der Waals surface area (Å²) in [5.74, 6) is 0.338. The molecule has 1 heterocycles. The molecular formula is C11H9BrClIN4O. The molecule has 1 aromatic heterocycles. The first-order chi connectivity index (χ1) is 9.08. The van der Waals surface area contributed by atoms with Crippen molar-refractivity contribution in [3.05, 3.63) is 31.5 Å². The van der Waals surface area contributed by atoms with Gasteiger partial charge >= 0.3 is 6.01 Å². The van der Waals surface area contributed by atoms with E-state index in [1.165, 1.54) is 0 Å². The van der Waals surface area contributed by atoms with Gasteiger partial charge in [-0.3, -0.25) is 0 Å². The van der Waals surface area contributed by atoms with Crippen molar-refractivity contribution in [2.45, 2.75) is 6.92 Å². The van der Waals surface area contributed by atoms with Gasteiger partial charge < -0.3 is 10.1 Å². The monoisotopic (exact) mass is 454 g/mol. The van der Waals surface area contributed by atoms with E-state index in [1.807, 2.05) is 25.1 Å². The van der Waals surface area contributed by atoms with Crippen molar-refractivity contribution < 1.29 is 4.74 Å². The Bertz CT molecular complexity index is 599. The molecule has 100 valence electrons. The standard InChI is InChI=1S/C11H9BrClIN4O/c1-2-19-11-17-9(13)16-10(18-11)15-8-4-3-6(14)5-7(8)12/h3-5H,2H2,1H3,(H,15,16,17,18). The number of benzene rings is 1. The van der Waals surface area contributed by atoms with Crippen LogP contribution in [0.5, 0.6) is 6.01 Å². The number of aromatic nitrogens is 3. The molecule has 0 unspecified atom stereocenters. The number of halogens is 3. The van der Waals surface area contributed by atoms with Crippen LogP contribution in [-0.2, 0) is 0 Å². The maximum atomic E-state index is 5.82. The van der Waals surface area contributed by atoms with Gasteiger partial charge in [-0.2, -0.15) is 15.0 Å². The van der Waals surface area contributed by atoms with E-state index >= 15 is 0 Å². The predicted molar refractivity (Wildman–Crippen MR) is 86.1 cm³/mol. The molecule has 0 radical (unpaired) electrons. The zero-order valence-corrected chi connectivity index (χ0v) is 14.3. The third-order valence-electron chi connectivity index (χ3n) is 2.04. The van der Waals surface area contributed by atoms with Gasteiger partial charge in [0, 0.05) is 8.04 Å². The first kappa shape index (κ1) is 14.7. The van der Waals surface area contributed by atoms with Crippen molar-refractivity contribution in [2.75, 3.05) is 11.9 Å². The molecule has 0 atom stereocenters. The van der Waals surface area contributed by atoms with Crippen LogP contribution in [-0.4, -0.2) is 21.6 Å². The molecule has 19 heavy (non-hydrogen) atoms. The Hall–Kier alpha value is -0.670. The second-order valence-electron chi connectivity index (χ2n) is 3.39. The Balaban J connectivity index is 2.27. The summed E-state index contributed by atoms with van der Waals surface area (Å²) in [4.78, 5) is 12.0. The van der Waals surface area contributed by atoms with Crippen molar-refractivity contribution in [3.63, 3.8) is 0 Å². The molecule has 8 heteroatoms. The fourth-order valence-electron chi connectivity index (χ4n) is 1.29.